The van der Waals surface area contributed by atoms with Gasteiger partial charge in [-0.3, -0.25) is 4.57 Å². The normalized spacial score (nSPS) is 9.87. The third-order valence-corrected chi connectivity index (χ3v) is 1.99. The minimum absolute atomic E-state index is 0.125. The van der Waals surface area contributed by atoms with Crippen molar-refractivity contribution in [3.8, 4) is 11.8 Å². The Hall–Kier alpha value is -2.35. The molecule has 0 amide bonds. The number of hydrogen-bond acceptors (Lipinski definition) is 2. The highest BCUT2D eigenvalue weighted by Crippen LogP contribution is 2.12. The molecule has 0 bridgehead atoms. The second-order valence-electron chi connectivity index (χ2n) is 2.91. The summed E-state index contributed by atoms with van der Waals surface area (Å²) in [5.41, 5.74) is -0.0707. The summed E-state index contributed by atoms with van der Waals surface area (Å²) in [6.07, 6.45) is 2.84. The summed E-state index contributed by atoms with van der Waals surface area (Å²) >= 11 is 0. The maximum absolute atomic E-state index is 13.5. The van der Waals surface area contributed by atoms with Gasteiger partial charge < -0.3 is 4.98 Å². The Morgan fingerprint density at radius 2 is 2.27 bits per heavy atom. The predicted molar refractivity (Wildman–Crippen MR) is 51.1 cm³/mol. The topological polar surface area (TPSA) is 61.6 Å². The van der Waals surface area contributed by atoms with E-state index in [2.05, 4.69) is 4.98 Å². The van der Waals surface area contributed by atoms with E-state index in [9.17, 15) is 9.18 Å². The third-order valence-electron chi connectivity index (χ3n) is 1.99. The first kappa shape index (κ1) is 9.21. The van der Waals surface area contributed by atoms with Crippen molar-refractivity contribution in [2.75, 3.05) is 0 Å². The van der Waals surface area contributed by atoms with Gasteiger partial charge >= 0.3 is 5.69 Å². The van der Waals surface area contributed by atoms with Crippen molar-refractivity contribution in [1.82, 2.24) is 9.55 Å². The summed E-state index contributed by atoms with van der Waals surface area (Å²) in [5.74, 6) is -0.601. The quantitative estimate of drug-likeness (QED) is 0.756. The maximum atomic E-state index is 13.5. The number of hydrogen-bond donors (Lipinski definition) is 1. The molecule has 0 atom stereocenters. The third kappa shape index (κ3) is 1.53. The Bertz CT molecular complexity index is 591. The highest BCUT2D eigenvalue weighted by molar-refractivity contribution is 5.40. The number of benzene rings is 1. The molecule has 15 heavy (non-hydrogen) atoms. The molecule has 74 valence electrons. The Kier molecular flexibility index (Phi) is 2.10. The number of rotatable bonds is 1. The summed E-state index contributed by atoms with van der Waals surface area (Å²) in [6.45, 7) is 0. The standard InChI is InChI=1S/C10H6FN3O/c11-8-5-7(6-12)1-2-9(8)14-4-3-13-10(14)15/h1-5H,(H,13,15). The zero-order valence-electron chi connectivity index (χ0n) is 7.57. The van der Waals surface area contributed by atoms with E-state index in [0.717, 1.165) is 10.6 Å². The number of nitrogens with zero attached hydrogens (tertiary/aromatic N) is 2. The van der Waals surface area contributed by atoms with Crippen LogP contribution in [0.1, 0.15) is 5.56 Å². The van der Waals surface area contributed by atoms with Crippen LogP contribution in [-0.4, -0.2) is 9.55 Å². The first-order valence-electron chi connectivity index (χ1n) is 4.18. The molecule has 2 rings (SSSR count). The van der Waals surface area contributed by atoms with E-state index < -0.39 is 11.5 Å². The first-order valence-corrected chi connectivity index (χ1v) is 4.18. The van der Waals surface area contributed by atoms with E-state index in [0.29, 0.717) is 0 Å². The van der Waals surface area contributed by atoms with Crippen LogP contribution in [0, 0.1) is 17.1 Å². The molecule has 0 spiro atoms. The van der Waals surface area contributed by atoms with Gasteiger partial charge in [0.15, 0.2) is 0 Å². The fourth-order valence-electron chi connectivity index (χ4n) is 1.28. The van der Waals surface area contributed by atoms with Crippen LogP contribution in [0.15, 0.2) is 35.4 Å². The largest absolute Gasteiger partial charge is 0.330 e. The Morgan fingerprint density at radius 1 is 1.47 bits per heavy atom. The smallest absolute Gasteiger partial charge is 0.312 e. The van der Waals surface area contributed by atoms with E-state index >= 15 is 0 Å². The van der Waals surface area contributed by atoms with Crippen LogP contribution in [0.3, 0.4) is 0 Å². The molecule has 1 aromatic carbocycles. The number of halogens is 1. The lowest BCUT2D eigenvalue weighted by Gasteiger charge is -2.02. The van der Waals surface area contributed by atoms with Crippen LogP contribution in [0.5, 0.6) is 0 Å². The van der Waals surface area contributed by atoms with Crippen LogP contribution in [0.25, 0.3) is 5.69 Å². The zero-order valence-corrected chi connectivity index (χ0v) is 7.57. The molecule has 1 N–H and O–H groups in total. The van der Waals surface area contributed by atoms with Gasteiger partial charge in [-0.2, -0.15) is 5.26 Å². The second-order valence-corrected chi connectivity index (χ2v) is 2.91. The Morgan fingerprint density at radius 3 is 2.80 bits per heavy atom. The van der Waals surface area contributed by atoms with Crippen LogP contribution < -0.4 is 5.69 Å². The zero-order chi connectivity index (χ0) is 10.8. The molecular formula is C10H6FN3O. The molecule has 0 saturated carbocycles. The number of nitrogens with one attached hydrogen (secondary N) is 1. The average molecular weight is 203 g/mol. The van der Waals surface area contributed by atoms with E-state index in [4.69, 9.17) is 5.26 Å². The summed E-state index contributed by atoms with van der Waals surface area (Å²) in [6, 6.07) is 5.76. The summed E-state index contributed by atoms with van der Waals surface area (Å²) in [4.78, 5) is 13.6. The molecule has 0 radical (unpaired) electrons. The number of nitriles is 1. The van der Waals surface area contributed by atoms with Crippen molar-refractivity contribution >= 4 is 0 Å². The lowest BCUT2D eigenvalue weighted by Crippen LogP contribution is -2.15. The number of H-pyrrole nitrogens is 1. The van der Waals surface area contributed by atoms with Crippen molar-refractivity contribution in [2.45, 2.75) is 0 Å². The van der Waals surface area contributed by atoms with E-state index in [1.807, 2.05) is 6.07 Å². The second kappa shape index (κ2) is 3.42. The number of aromatic nitrogens is 2. The Balaban J connectivity index is 2.61. The van der Waals surface area contributed by atoms with Gasteiger partial charge in [0.1, 0.15) is 5.82 Å². The highest BCUT2D eigenvalue weighted by atomic mass is 19.1. The van der Waals surface area contributed by atoms with Gasteiger partial charge in [-0.05, 0) is 18.2 Å². The lowest BCUT2D eigenvalue weighted by molar-refractivity contribution is 0.616. The predicted octanol–water partition coefficient (Wildman–Crippen LogP) is 1.18. The van der Waals surface area contributed by atoms with Gasteiger partial charge in [0.05, 0.1) is 17.3 Å². The molecular weight excluding hydrogens is 197 g/mol. The highest BCUT2D eigenvalue weighted by Gasteiger charge is 2.07. The summed E-state index contributed by atoms with van der Waals surface area (Å²) < 4.78 is 14.6. The molecule has 0 aliphatic heterocycles. The van der Waals surface area contributed by atoms with Crippen molar-refractivity contribution in [3.05, 3.63) is 52.5 Å². The maximum Gasteiger partial charge on any atom is 0.330 e. The van der Waals surface area contributed by atoms with Gasteiger partial charge in [0.25, 0.3) is 0 Å². The fourth-order valence-corrected chi connectivity index (χ4v) is 1.28. The van der Waals surface area contributed by atoms with Gasteiger partial charge in [0.2, 0.25) is 0 Å². The van der Waals surface area contributed by atoms with Crippen molar-refractivity contribution in [1.29, 1.82) is 5.26 Å². The molecule has 1 aromatic heterocycles. The van der Waals surface area contributed by atoms with Crippen LogP contribution in [-0.2, 0) is 0 Å². The monoisotopic (exact) mass is 203 g/mol. The van der Waals surface area contributed by atoms with Gasteiger partial charge in [-0.25, -0.2) is 9.18 Å². The molecule has 0 fully saturated rings. The molecule has 1 heterocycles. The van der Waals surface area contributed by atoms with E-state index in [1.165, 1.54) is 24.5 Å². The number of imidazole rings is 1. The molecule has 5 heteroatoms. The van der Waals surface area contributed by atoms with Crippen molar-refractivity contribution < 1.29 is 4.39 Å². The molecule has 4 nitrogen and oxygen atoms in total. The lowest BCUT2D eigenvalue weighted by atomic mass is 10.2. The number of aromatic amines is 1. The molecule has 0 aliphatic rings. The van der Waals surface area contributed by atoms with Crippen LogP contribution >= 0.6 is 0 Å². The molecule has 0 saturated heterocycles. The van der Waals surface area contributed by atoms with E-state index in [-0.39, 0.29) is 11.3 Å². The molecule has 0 unspecified atom stereocenters. The van der Waals surface area contributed by atoms with Gasteiger partial charge in [-0.1, -0.05) is 0 Å². The minimum Gasteiger partial charge on any atom is -0.312 e. The average Bonchev–Trinajstić information content (AvgIpc) is 2.64. The van der Waals surface area contributed by atoms with Crippen LogP contribution in [0.2, 0.25) is 0 Å². The SMILES string of the molecule is N#Cc1ccc(-n2cc[nH]c2=O)c(F)c1. The van der Waals surface area contributed by atoms with Gasteiger partial charge in [0, 0.05) is 12.4 Å². The van der Waals surface area contributed by atoms with Crippen molar-refractivity contribution in [3.63, 3.8) is 0 Å². The first-order chi connectivity index (χ1) is 7.22. The summed E-state index contributed by atoms with van der Waals surface area (Å²) in [7, 11) is 0. The summed E-state index contributed by atoms with van der Waals surface area (Å²) in [5, 5.41) is 8.55. The van der Waals surface area contributed by atoms with Gasteiger partial charge in [-0.15, -0.1) is 0 Å². The van der Waals surface area contributed by atoms with Crippen LogP contribution in [0.4, 0.5) is 4.39 Å². The van der Waals surface area contributed by atoms with Crippen molar-refractivity contribution in [2.24, 2.45) is 0 Å². The van der Waals surface area contributed by atoms with E-state index in [1.54, 1.807) is 0 Å². The molecule has 0 aliphatic carbocycles. The molecule has 2 aromatic rings. The fraction of sp³-hybridized carbons (Fsp3) is 0. The minimum atomic E-state index is -0.601. The Labute approximate surface area is 84.2 Å².